The zero-order valence-corrected chi connectivity index (χ0v) is 15.2. The highest BCUT2D eigenvalue weighted by molar-refractivity contribution is 5.78. The molecule has 2 aromatic rings. The van der Waals surface area contributed by atoms with Crippen LogP contribution < -0.4 is 5.32 Å². The number of halogens is 1. The predicted octanol–water partition coefficient (Wildman–Crippen LogP) is 3.79. The molecule has 138 valence electrons. The summed E-state index contributed by atoms with van der Waals surface area (Å²) in [6.07, 6.45) is 3.59. The second-order valence-electron chi connectivity index (χ2n) is 7.06. The summed E-state index contributed by atoms with van der Waals surface area (Å²) in [4.78, 5) is 14.8. The predicted molar refractivity (Wildman–Crippen MR) is 102 cm³/mol. The van der Waals surface area contributed by atoms with Crippen molar-refractivity contribution >= 4 is 5.91 Å². The molecular formula is C22H27FN2O. The van der Waals surface area contributed by atoms with Crippen LogP contribution in [0.15, 0.2) is 54.6 Å². The first-order valence-corrected chi connectivity index (χ1v) is 9.49. The fraction of sp³-hybridized carbons (Fsp3) is 0.409. The van der Waals surface area contributed by atoms with E-state index >= 15 is 0 Å². The number of hydrogen-bond donors (Lipinski definition) is 1. The quantitative estimate of drug-likeness (QED) is 0.768. The van der Waals surface area contributed by atoms with Crippen molar-refractivity contribution in [3.8, 4) is 0 Å². The number of hydrogen-bond acceptors (Lipinski definition) is 2. The van der Waals surface area contributed by atoms with Crippen molar-refractivity contribution in [2.45, 2.75) is 32.2 Å². The first-order chi connectivity index (χ1) is 12.7. The number of nitrogens with one attached hydrogen (secondary N) is 1. The van der Waals surface area contributed by atoms with Gasteiger partial charge in [0, 0.05) is 19.0 Å². The van der Waals surface area contributed by atoms with Gasteiger partial charge in [0.15, 0.2) is 0 Å². The van der Waals surface area contributed by atoms with Crippen LogP contribution in [0.2, 0.25) is 0 Å². The highest BCUT2D eigenvalue weighted by atomic mass is 19.1. The van der Waals surface area contributed by atoms with Crippen LogP contribution in [-0.4, -0.2) is 30.4 Å². The topological polar surface area (TPSA) is 32.3 Å². The molecule has 0 atom stereocenters. The highest BCUT2D eigenvalue weighted by Crippen LogP contribution is 2.19. The minimum atomic E-state index is -0.208. The van der Waals surface area contributed by atoms with E-state index in [2.05, 4.69) is 34.5 Å². The lowest BCUT2D eigenvalue weighted by Crippen LogP contribution is -2.40. The lowest BCUT2D eigenvalue weighted by molar-refractivity contribution is -0.126. The molecule has 0 unspecified atom stereocenters. The van der Waals surface area contributed by atoms with E-state index in [1.54, 1.807) is 12.1 Å². The Morgan fingerprint density at radius 3 is 2.38 bits per heavy atom. The van der Waals surface area contributed by atoms with Crippen molar-refractivity contribution in [2.24, 2.45) is 5.92 Å². The number of carbonyl (C=O) groups is 1. The molecule has 1 amide bonds. The van der Waals surface area contributed by atoms with Crippen molar-refractivity contribution in [3.05, 3.63) is 71.5 Å². The van der Waals surface area contributed by atoms with Gasteiger partial charge in [0.2, 0.25) is 5.91 Å². The maximum Gasteiger partial charge on any atom is 0.223 e. The third-order valence-corrected chi connectivity index (χ3v) is 5.06. The maximum absolute atomic E-state index is 12.9. The molecule has 1 heterocycles. The third kappa shape index (κ3) is 5.67. The molecule has 0 saturated carbocycles. The molecule has 4 heteroatoms. The van der Waals surface area contributed by atoms with Crippen LogP contribution in [0, 0.1) is 11.7 Å². The zero-order valence-electron chi connectivity index (χ0n) is 15.2. The molecule has 0 bridgehead atoms. The van der Waals surface area contributed by atoms with Gasteiger partial charge in [-0.3, -0.25) is 9.69 Å². The molecule has 2 aromatic carbocycles. The summed E-state index contributed by atoms with van der Waals surface area (Å²) in [5.41, 5.74) is 2.44. The largest absolute Gasteiger partial charge is 0.356 e. The van der Waals surface area contributed by atoms with Gasteiger partial charge in [-0.05, 0) is 62.0 Å². The second kappa shape index (κ2) is 9.48. The van der Waals surface area contributed by atoms with Crippen LogP contribution in [0.25, 0.3) is 0 Å². The van der Waals surface area contributed by atoms with Gasteiger partial charge in [0.25, 0.3) is 0 Å². The van der Waals surface area contributed by atoms with Crippen molar-refractivity contribution in [3.63, 3.8) is 0 Å². The number of amides is 1. The molecule has 1 aliphatic rings. The Labute approximate surface area is 155 Å². The van der Waals surface area contributed by atoms with E-state index in [4.69, 9.17) is 0 Å². The molecule has 1 saturated heterocycles. The average molecular weight is 354 g/mol. The van der Waals surface area contributed by atoms with Gasteiger partial charge in [0.1, 0.15) is 5.82 Å². The summed E-state index contributed by atoms with van der Waals surface area (Å²) < 4.78 is 12.9. The van der Waals surface area contributed by atoms with Crippen molar-refractivity contribution in [1.29, 1.82) is 0 Å². The minimum absolute atomic E-state index is 0.132. The average Bonchev–Trinajstić information content (AvgIpc) is 2.68. The SMILES string of the molecule is O=C(NCCCc1ccc(F)cc1)C1CCN(Cc2ccccc2)CC1. The van der Waals surface area contributed by atoms with Crippen LogP contribution >= 0.6 is 0 Å². The van der Waals surface area contributed by atoms with Gasteiger partial charge in [-0.1, -0.05) is 42.5 Å². The number of rotatable bonds is 7. The van der Waals surface area contributed by atoms with Gasteiger partial charge in [0.05, 0.1) is 0 Å². The molecule has 26 heavy (non-hydrogen) atoms. The van der Waals surface area contributed by atoms with Crippen LogP contribution in [-0.2, 0) is 17.8 Å². The monoisotopic (exact) mass is 354 g/mol. The molecule has 0 aromatic heterocycles. The van der Waals surface area contributed by atoms with Gasteiger partial charge >= 0.3 is 0 Å². The fourth-order valence-corrected chi connectivity index (χ4v) is 3.49. The number of likely N-dealkylation sites (tertiary alicyclic amines) is 1. The van der Waals surface area contributed by atoms with Crippen LogP contribution in [0.1, 0.15) is 30.4 Å². The smallest absolute Gasteiger partial charge is 0.223 e. The Hall–Kier alpha value is -2.20. The van der Waals surface area contributed by atoms with Gasteiger partial charge in [-0.2, -0.15) is 0 Å². The van der Waals surface area contributed by atoms with E-state index in [-0.39, 0.29) is 17.6 Å². The summed E-state index contributed by atoms with van der Waals surface area (Å²) in [6.45, 7) is 3.60. The highest BCUT2D eigenvalue weighted by Gasteiger charge is 2.24. The molecule has 3 rings (SSSR count). The Kier molecular flexibility index (Phi) is 6.78. The van der Waals surface area contributed by atoms with E-state index in [0.29, 0.717) is 6.54 Å². The molecule has 1 aliphatic heterocycles. The van der Waals surface area contributed by atoms with E-state index in [0.717, 1.165) is 50.9 Å². The van der Waals surface area contributed by atoms with Gasteiger partial charge in [-0.15, -0.1) is 0 Å². The molecular weight excluding hydrogens is 327 g/mol. The zero-order chi connectivity index (χ0) is 18.2. The summed E-state index contributed by atoms with van der Waals surface area (Å²) in [6, 6.07) is 17.1. The number of aryl methyl sites for hydroxylation is 1. The van der Waals surface area contributed by atoms with Crippen LogP contribution in [0.3, 0.4) is 0 Å². The number of carbonyl (C=O) groups excluding carboxylic acids is 1. The van der Waals surface area contributed by atoms with Crippen molar-refractivity contribution in [1.82, 2.24) is 10.2 Å². The third-order valence-electron chi connectivity index (χ3n) is 5.06. The Bertz CT molecular complexity index is 679. The molecule has 1 N–H and O–H groups in total. The normalized spacial score (nSPS) is 15.7. The Morgan fingerprint density at radius 2 is 1.69 bits per heavy atom. The summed E-state index contributed by atoms with van der Waals surface area (Å²) in [5.74, 6) is 0.108. The summed E-state index contributed by atoms with van der Waals surface area (Å²) >= 11 is 0. The summed E-state index contributed by atoms with van der Waals surface area (Å²) in [5, 5.41) is 3.07. The first-order valence-electron chi connectivity index (χ1n) is 9.49. The van der Waals surface area contributed by atoms with Crippen molar-refractivity contribution < 1.29 is 9.18 Å². The number of benzene rings is 2. The fourth-order valence-electron chi connectivity index (χ4n) is 3.49. The van der Waals surface area contributed by atoms with Gasteiger partial charge in [-0.25, -0.2) is 4.39 Å². The van der Waals surface area contributed by atoms with E-state index in [1.807, 2.05) is 6.07 Å². The molecule has 0 aliphatic carbocycles. The van der Waals surface area contributed by atoms with E-state index in [9.17, 15) is 9.18 Å². The standard InChI is InChI=1S/C22H27FN2O/c23-21-10-8-18(9-11-21)7-4-14-24-22(26)20-12-15-25(16-13-20)17-19-5-2-1-3-6-19/h1-3,5-6,8-11,20H,4,7,12-17H2,(H,24,26). The Morgan fingerprint density at radius 1 is 1.00 bits per heavy atom. The molecule has 0 radical (unpaired) electrons. The number of piperidine rings is 1. The van der Waals surface area contributed by atoms with Crippen LogP contribution in [0.5, 0.6) is 0 Å². The molecule has 1 fully saturated rings. The maximum atomic E-state index is 12.9. The molecule has 0 spiro atoms. The van der Waals surface area contributed by atoms with Crippen molar-refractivity contribution in [2.75, 3.05) is 19.6 Å². The van der Waals surface area contributed by atoms with E-state index in [1.165, 1.54) is 17.7 Å². The van der Waals surface area contributed by atoms with Crippen LogP contribution in [0.4, 0.5) is 4.39 Å². The summed E-state index contributed by atoms with van der Waals surface area (Å²) in [7, 11) is 0. The lowest BCUT2D eigenvalue weighted by atomic mass is 9.95. The Balaban J connectivity index is 1.32. The van der Waals surface area contributed by atoms with Gasteiger partial charge < -0.3 is 5.32 Å². The first kappa shape index (κ1) is 18.6. The van der Waals surface area contributed by atoms with E-state index < -0.39 is 0 Å². The molecule has 3 nitrogen and oxygen atoms in total. The lowest BCUT2D eigenvalue weighted by Gasteiger charge is -2.31. The second-order valence-corrected chi connectivity index (χ2v) is 7.06. The number of nitrogens with zero attached hydrogens (tertiary/aromatic N) is 1. The minimum Gasteiger partial charge on any atom is -0.356 e.